The lowest BCUT2D eigenvalue weighted by atomic mass is 9.79. The minimum Gasteiger partial charge on any atom is -0.494 e. The number of piperidine rings is 1. The maximum Gasteiger partial charge on any atom is 0.273 e. The van der Waals surface area contributed by atoms with Gasteiger partial charge in [-0.05, 0) is 52.7 Å². The molecule has 1 saturated heterocycles. The Balaban J connectivity index is 1.74. The normalized spacial score (nSPS) is 19.1. The van der Waals surface area contributed by atoms with E-state index in [0.717, 1.165) is 18.5 Å². The van der Waals surface area contributed by atoms with Gasteiger partial charge in [-0.2, -0.15) is 0 Å². The van der Waals surface area contributed by atoms with E-state index in [-0.39, 0.29) is 23.0 Å². The number of aromatic nitrogens is 3. The molecule has 0 aliphatic carbocycles. The predicted octanol–water partition coefficient (Wildman–Crippen LogP) is 2.31. The van der Waals surface area contributed by atoms with Crippen LogP contribution in [0.15, 0.2) is 30.5 Å². The number of amides is 1. The predicted molar refractivity (Wildman–Crippen MR) is 99.7 cm³/mol. The molecule has 26 heavy (non-hydrogen) atoms. The highest BCUT2D eigenvalue weighted by Gasteiger charge is 2.38. The average molecular weight is 357 g/mol. The number of methoxy groups -OCH3 is 1. The fourth-order valence-electron chi connectivity index (χ4n) is 3.99. The Hall–Kier alpha value is -2.41. The first-order valence-electron chi connectivity index (χ1n) is 8.85. The molecule has 7 heteroatoms. The highest BCUT2D eigenvalue weighted by Crippen LogP contribution is 2.28. The number of ether oxygens (including phenoxy) is 1. The first-order valence-corrected chi connectivity index (χ1v) is 8.85. The molecule has 0 atom stereocenters. The van der Waals surface area contributed by atoms with Gasteiger partial charge in [0.05, 0.1) is 13.3 Å². The number of hydrogen-bond acceptors (Lipinski definition) is 5. The molecule has 1 aromatic carbocycles. The van der Waals surface area contributed by atoms with Crippen LogP contribution in [0.4, 0.5) is 0 Å². The SMILES string of the molecule is COc1ccccc1-n1cc(C(=O)NC2CC(C)(C)NC(C)(C)C2)nn1. The molecule has 2 N–H and O–H groups in total. The van der Waals surface area contributed by atoms with Crippen molar-refractivity contribution in [3.63, 3.8) is 0 Å². The van der Waals surface area contributed by atoms with Gasteiger partial charge in [-0.25, -0.2) is 4.68 Å². The highest BCUT2D eigenvalue weighted by atomic mass is 16.5. The quantitative estimate of drug-likeness (QED) is 0.878. The molecule has 3 rings (SSSR count). The Bertz CT molecular complexity index is 781. The van der Waals surface area contributed by atoms with Crippen molar-refractivity contribution in [2.45, 2.75) is 57.7 Å². The molecule has 1 fully saturated rings. The molecule has 2 heterocycles. The van der Waals surface area contributed by atoms with Crippen LogP contribution in [-0.4, -0.2) is 45.1 Å². The van der Waals surface area contributed by atoms with Crippen molar-refractivity contribution in [2.75, 3.05) is 7.11 Å². The molecule has 0 saturated carbocycles. The summed E-state index contributed by atoms with van der Waals surface area (Å²) in [7, 11) is 1.60. The van der Waals surface area contributed by atoms with Crippen LogP contribution in [0.5, 0.6) is 5.75 Å². The Morgan fingerprint density at radius 1 is 1.23 bits per heavy atom. The van der Waals surface area contributed by atoms with Crippen molar-refractivity contribution in [1.82, 2.24) is 25.6 Å². The summed E-state index contributed by atoms with van der Waals surface area (Å²) in [5.74, 6) is 0.468. The molecule has 1 aliphatic heterocycles. The van der Waals surface area contributed by atoms with Crippen molar-refractivity contribution in [3.05, 3.63) is 36.2 Å². The Labute approximate surface area is 154 Å². The number of rotatable bonds is 4. The lowest BCUT2D eigenvalue weighted by Crippen LogP contribution is -2.62. The first-order chi connectivity index (χ1) is 12.2. The van der Waals surface area contributed by atoms with Crippen molar-refractivity contribution < 1.29 is 9.53 Å². The van der Waals surface area contributed by atoms with Gasteiger partial charge in [-0.3, -0.25) is 4.79 Å². The number of benzene rings is 1. The van der Waals surface area contributed by atoms with Crippen LogP contribution in [0.2, 0.25) is 0 Å². The molecule has 0 bridgehead atoms. The Morgan fingerprint density at radius 2 is 1.88 bits per heavy atom. The maximum absolute atomic E-state index is 12.7. The number of hydrogen-bond donors (Lipinski definition) is 2. The molecule has 140 valence electrons. The molecule has 0 spiro atoms. The van der Waals surface area contributed by atoms with Gasteiger partial charge in [0.15, 0.2) is 5.69 Å². The van der Waals surface area contributed by atoms with Gasteiger partial charge in [-0.15, -0.1) is 5.10 Å². The van der Waals surface area contributed by atoms with E-state index in [0.29, 0.717) is 11.4 Å². The lowest BCUT2D eigenvalue weighted by Gasteiger charge is -2.46. The zero-order valence-electron chi connectivity index (χ0n) is 16.0. The lowest BCUT2D eigenvalue weighted by molar-refractivity contribution is 0.0868. The molecule has 1 aromatic heterocycles. The molecule has 0 unspecified atom stereocenters. The third kappa shape index (κ3) is 4.04. The number of carbonyl (C=O) groups excluding carboxylic acids is 1. The molecule has 1 aliphatic rings. The van der Waals surface area contributed by atoms with Crippen LogP contribution >= 0.6 is 0 Å². The van der Waals surface area contributed by atoms with Crippen LogP contribution < -0.4 is 15.4 Å². The van der Waals surface area contributed by atoms with Crippen molar-refractivity contribution in [3.8, 4) is 11.4 Å². The van der Waals surface area contributed by atoms with Gasteiger partial charge in [0.25, 0.3) is 5.91 Å². The molecule has 1 amide bonds. The van der Waals surface area contributed by atoms with E-state index < -0.39 is 0 Å². The minimum absolute atomic E-state index is 0.0330. The molecule has 2 aromatic rings. The van der Waals surface area contributed by atoms with Crippen LogP contribution in [0.25, 0.3) is 5.69 Å². The van der Waals surface area contributed by atoms with Gasteiger partial charge in [-0.1, -0.05) is 17.3 Å². The monoisotopic (exact) mass is 357 g/mol. The second-order valence-electron chi connectivity index (χ2n) is 8.19. The zero-order valence-corrected chi connectivity index (χ0v) is 16.0. The van der Waals surface area contributed by atoms with Gasteiger partial charge in [0, 0.05) is 17.1 Å². The molecule has 0 radical (unpaired) electrons. The summed E-state index contributed by atoms with van der Waals surface area (Å²) in [6.07, 6.45) is 3.36. The summed E-state index contributed by atoms with van der Waals surface area (Å²) in [4.78, 5) is 12.7. The molecule has 7 nitrogen and oxygen atoms in total. The van der Waals surface area contributed by atoms with E-state index in [2.05, 4.69) is 48.6 Å². The molecular formula is C19H27N5O2. The number of carbonyl (C=O) groups is 1. The topological polar surface area (TPSA) is 81.1 Å². The number of para-hydroxylation sites is 2. The van der Waals surface area contributed by atoms with Gasteiger partial charge in [0.1, 0.15) is 11.4 Å². The standard InChI is InChI=1S/C19H27N5O2/c1-18(2)10-13(11-19(3,4)22-18)20-17(25)14-12-24(23-21-14)15-8-6-7-9-16(15)26-5/h6-9,12-13,22H,10-11H2,1-5H3,(H,20,25). The van der Waals surface area contributed by atoms with Crippen molar-refractivity contribution >= 4 is 5.91 Å². The highest BCUT2D eigenvalue weighted by molar-refractivity contribution is 5.92. The van der Waals surface area contributed by atoms with Gasteiger partial charge in [0.2, 0.25) is 0 Å². The third-order valence-electron chi connectivity index (χ3n) is 4.58. The van der Waals surface area contributed by atoms with E-state index in [1.807, 2.05) is 24.3 Å². The fraction of sp³-hybridized carbons (Fsp3) is 0.526. The Kier molecular flexibility index (Phi) is 4.75. The van der Waals surface area contributed by atoms with E-state index in [9.17, 15) is 4.79 Å². The summed E-state index contributed by atoms with van der Waals surface area (Å²) < 4.78 is 6.90. The fourth-order valence-corrected chi connectivity index (χ4v) is 3.99. The number of nitrogens with zero attached hydrogens (tertiary/aromatic N) is 3. The zero-order chi connectivity index (χ0) is 18.9. The first kappa shape index (κ1) is 18.4. The van der Waals surface area contributed by atoms with E-state index in [1.165, 1.54) is 0 Å². The third-order valence-corrected chi connectivity index (χ3v) is 4.58. The van der Waals surface area contributed by atoms with Crippen molar-refractivity contribution in [2.24, 2.45) is 0 Å². The summed E-state index contributed by atoms with van der Waals surface area (Å²) in [5, 5.41) is 14.8. The largest absolute Gasteiger partial charge is 0.494 e. The minimum atomic E-state index is -0.204. The van der Waals surface area contributed by atoms with Crippen LogP contribution in [0.1, 0.15) is 51.0 Å². The van der Waals surface area contributed by atoms with Crippen molar-refractivity contribution in [1.29, 1.82) is 0 Å². The smallest absolute Gasteiger partial charge is 0.273 e. The van der Waals surface area contributed by atoms with Crippen LogP contribution in [0.3, 0.4) is 0 Å². The van der Waals surface area contributed by atoms with E-state index in [4.69, 9.17) is 4.74 Å². The summed E-state index contributed by atoms with van der Waals surface area (Å²) in [5.41, 5.74) is 0.972. The second kappa shape index (κ2) is 6.72. The average Bonchev–Trinajstić information content (AvgIpc) is 3.01. The van der Waals surface area contributed by atoms with Crippen LogP contribution in [-0.2, 0) is 0 Å². The van der Waals surface area contributed by atoms with Gasteiger partial charge < -0.3 is 15.4 Å². The van der Waals surface area contributed by atoms with Gasteiger partial charge >= 0.3 is 0 Å². The summed E-state index contributed by atoms with van der Waals surface area (Å²) >= 11 is 0. The van der Waals surface area contributed by atoms with E-state index in [1.54, 1.807) is 18.0 Å². The Morgan fingerprint density at radius 3 is 2.54 bits per heavy atom. The van der Waals surface area contributed by atoms with Crippen LogP contribution in [0, 0.1) is 0 Å². The summed E-state index contributed by atoms with van der Waals surface area (Å²) in [6, 6.07) is 7.57. The second-order valence-corrected chi connectivity index (χ2v) is 8.19. The number of nitrogens with one attached hydrogen (secondary N) is 2. The molecular weight excluding hydrogens is 330 g/mol. The summed E-state index contributed by atoms with van der Waals surface area (Å²) in [6.45, 7) is 8.63. The maximum atomic E-state index is 12.7. The van der Waals surface area contributed by atoms with E-state index >= 15 is 0 Å².